The zero-order valence-corrected chi connectivity index (χ0v) is 13.3. The van der Waals surface area contributed by atoms with Gasteiger partial charge in [-0.1, -0.05) is 26.2 Å². The third-order valence-corrected chi connectivity index (χ3v) is 5.73. The van der Waals surface area contributed by atoms with Crippen molar-refractivity contribution in [3.8, 4) is 0 Å². The molecule has 4 heteroatoms. The van der Waals surface area contributed by atoms with Crippen LogP contribution in [-0.4, -0.2) is 35.3 Å². The Morgan fingerprint density at radius 2 is 1.81 bits per heavy atom. The summed E-state index contributed by atoms with van der Waals surface area (Å²) in [5.74, 6) is 1.84. The van der Waals surface area contributed by atoms with Crippen LogP contribution in [0.5, 0.6) is 0 Å². The molecule has 2 aliphatic carbocycles. The molecule has 0 aromatic heterocycles. The average molecular weight is 292 g/mol. The van der Waals surface area contributed by atoms with Crippen molar-refractivity contribution in [1.82, 2.24) is 10.2 Å². The standard InChI is InChI=1S/C17H28N2O2/c1-11(13-8-9-13)10-19-12(2)16(20)18-15(17(19)21)14-6-4-3-5-7-14/h11-15H,3-10H2,1-2H3,(H,18,20). The van der Waals surface area contributed by atoms with Crippen LogP contribution in [0.2, 0.25) is 0 Å². The van der Waals surface area contributed by atoms with Gasteiger partial charge in [0, 0.05) is 6.54 Å². The molecule has 0 bridgehead atoms. The number of rotatable bonds is 4. The summed E-state index contributed by atoms with van der Waals surface area (Å²) in [5.41, 5.74) is 0. The van der Waals surface area contributed by atoms with E-state index in [1.54, 1.807) is 0 Å². The van der Waals surface area contributed by atoms with Crippen molar-refractivity contribution in [2.45, 2.75) is 70.9 Å². The van der Waals surface area contributed by atoms with E-state index in [0.29, 0.717) is 11.8 Å². The molecule has 118 valence electrons. The first-order valence-electron chi connectivity index (χ1n) is 8.68. The SMILES string of the molecule is CC(CN1C(=O)C(C2CCCCC2)NC(=O)C1C)C1CC1. The van der Waals surface area contributed by atoms with E-state index in [9.17, 15) is 9.59 Å². The van der Waals surface area contributed by atoms with Crippen molar-refractivity contribution < 1.29 is 9.59 Å². The summed E-state index contributed by atoms with van der Waals surface area (Å²) in [7, 11) is 0. The van der Waals surface area contributed by atoms with Gasteiger partial charge in [0.05, 0.1) is 0 Å². The van der Waals surface area contributed by atoms with Gasteiger partial charge in [-0.05, 0) is 50.4 Å². The molecule has 0 aromatic rings. The second-order valence-corrected chi connectivity index (χ2v) is 7.37. The lowest BCUT2D eigenvalue weighted by Gasteiger charge is -2.42. The zero-order chi connectivity index (χ0) is 15.0. The number of piperazine rings is 1. The smallest absolute Gasteiger partial charge is 0.246 e. The highest BCUT2D eigenvalue weighted by atomic mass is 16.2. The van der Waals surface area contributed by atoms with Gasteiger partial charge < -0.3 is 10.2 Å². The van der Waals surface area contributed by atoms with Gasteiger partial charge in [0.2, 0.25) is 11.8 Å². The Kier molecular flexibility index (Phi) is 4.23. The first kappa shape index (κ1) is 14.9. The lowest BCUT2D eigenvalue weighted by Crippen LogP contribution is -2.65. The van der Waals surface area contributed by atoms with Crippen LogP contribution in [0.3, 0.4) is 0 Å². The quantitative estimate of drug-likeness (QED) is 0.864. The van der Waals surface area contributed by atoms with Crippen LogP contribution in [0.25, 0.3) is 0 Å². The van der Waals surface area contributed by atoms with Crippen LogP contribution in [0.15, 0.2) is 0 Å². The van der Waals surface area contributed by atoms with Gasteiger partial charge in [0.25, 0.3) is 0 Å². The van der Waals surface area contributed by atoms with E-state index in [-0.39, 0.29) is 23.9 Å². The predicted molar refractivity (Wildman–Crippen MR) is 81.6 cm³/mol. The summed E-state index contributed by atoms with van der Waals surface area (Å²) in [6.45, 7) is 4.84. The minimum absolute atomic E-state index is 0.0353. The number of carbonyl (C=O) groups excluding carboxylic acids is 2. The van der Waals surface area contributed by atoms with Crippen LogP contribution < -0.4 is 5.32 Å². The van der Waals surface area contributed by atoms with Crippen molar-refractivity contribution in [2.24, 2.45) is 17.8 Å². The fourth-order valence-electron chi connectivity index (χ4n) is 4.01. The van der Waals surface area contributed by atoms with Crippen LogP contribution in [-0.2, 0) is 9.59 Å². The molecule has 3 aliphatic rings. The van der Waals surface area contributed by atoms with Gasteiger partial charge in [-0.2, -0.15) is 0 Å². The van der Waals surface area contributed by atoms with Gasteiger partial charge in [0.15, 0.2) is 0 Å². The molecule has 1 aliphatic heterocycles. The molecular weight excluding hydrogens is 264 g/mol. The highest BCUT2D eigenvalue weighted by Gasteiger charge is 2.43. The minimum Gasteiger partial charge on any atom is -0.342 e. The van der Waals surface area contributed by atoms with E-state index >= 15 is 0 Å². The molecule has 3 fully saturated rings. The van der Waals surface area contributed by atoms with Crippen LogP contribution in [0.1, 0.15) is 58.8 Å². The van der Waals surface area contributed by atoms with Gasteiger partial charge >= 0.3 is 0 Å². The van der Waals surface area contributed by atoms with Crippen molar-refractivity contribution in [3.05, 3.63) is 0 Å². The number of nitrogens with one attached hydrogen (secondary N) is 1. The second kappa shape index (κ2) is 5.98. The summed E-state index contributed by atoms with van der Waals surface area (Å²) in [6, 6.07) is -0.570. The van der Waals surface area contributed by atoms with Gasteiger partial charge in [-0.3, -0.25) is 9.59 Å². The lowest BCUT2D eigenvalue weighted by molar-refractivity contribution is -0.151. The third kappa shape index (κ3) is 3.09. The van der Waals surface area contributed by atoms with Crippen molar-refractivity contribution >= 4 is 11.8 Å². The Bertz CT molecular complexity index is 413. The van der Waals surface area contributed by atoms with Gasteiger partial charge in [-0.15, -0.1) is 0 Å². The molecule has 2 amide bonds. The van der Waals surface area contributed by atoms with E-state index in [4.69, 9.17) is 0 Å². The van der Waals surface area contributed by atoms with Crippen molar-refractivity contribution in [2.75, 3.05) is 6.54 Å². The van der Waals surface area contributed by atoms with E-state index in [0.717, 1.165) is 25.3 Å². The van der Waals surface area contributed by atoms with Crippen molar-refractivity contribution in [1.29, 1.82) is 0 Å². The summed E-state index contributed by atoms with van der Waals surface area (Å²) in [6.07, 6.45) is 8.39. The summed E-state index contributed by atoms with van der Waals surface area (Å²) in [4.78, 5) is 27.0. The van der Waals surface area contributed by atoms with Gasteiger partial charge in [-0.25, -0.2) is 0 Å². The summed E-state index contributed by atoms with van der Waals surface area (Å²) in [5, 5.41) is 3.00. The molecule has 0 aromatic carbocycles. The molecule has 0 spiro atoms. The van der Waals surface area contributed by atoms with Crippen molar-refractivity contribution in [3.63, 3.8) is 0 Å². The normalized spacial score (nSPS) is 33.0. The number of hydrogen-bond donors (Lipinski definition) is 1. The van der Waals surface area contributed by atoms with E-state index < -0.39 is 0 Å². The summed E-state index contributed by atoms with van der Waals surface area (Å²) < 4.78 is 0. The third-order valence-electron chi connectivity index (χ3n) is 5.73. The second-order valence-electron chi connectivity index (χ2n) is 7.37. The molecule has 0 radical (unpaired) electrons. The molecule has 1 N–H and O–H groups in total. The first-order chi connectivity index (χ1) is 10.1. The maximum absolute atomic E-state index is 12.9. The van der Waals surface area contributed by atoms with E-state index in [1.165, 1.54) is 32.1 Å². The van der Waals surface area contributed by atoms with Crippen LogP contribution in [0, 0.1) is 17.8 Å². The fraction of sp³-hybridized carbons (Fsp3) is 0.882. The molecular formula is C17H28N2O2. The van der Waals surface area contributed by atoms with Gasteiger partial charge in [0.1, 0.15) is 12.1 Å². The average Bonchev–Trinajstić information content (AvgIpc) is 3.33. The Morgan fingerprint density at radius 1 is 1.14 bits per heavy atom. The lowest BCUT2D eigenvalue weighted by atomic mass is 9.82. The van der Waals surface area contributed by atoms with E-state index in [1.807, 2.05) is 11.8 Å². The number of amides is 2. The topological polar surface area (TPSA) is 49.4 Å². The highest BCUT2D eigenvalue weighted by molar-refractivity contribution is 5.96. The fourth-order valence-corrected chi connectivity index (χ4v) is 4.01. The molecule has 3 atom stereocenters. The minimum atomic E-state index is -0.307. The molecule has 2 saturated carbocycles. The molecule has 3 unspecified atom stereocenters. The predicted octanol–water partition coefficient (Wildman–Crippen LogP) is 2.33. The number of carbonyl (C=O) groups is 2. The Balaban J connectivity index is 1.70. The van der Waals surface area contributed by atoms with E-state index in [2.05, 4.69) is 12.2 Å². The maximum atomic E-state index is 12.9. The number of nitrogens with zero attached hydrogens (tertiary/aromatic N) is 1. The highest BCUT2D eigenvalue weighted by Crippen LogP contribution is 2.37. The molecule has 3 rings (SSSR count). The molecule has 4 nitrogen and oxygen atoms in total. The largest absolute Gasteiger partial charge is 0.342 e. The zero-order valence-electron chi connectivity index (χ0n) is 13.3. The van der Waals surface area contributed by atoms with Crippen LogP contribution >= 0.6 is 0 Å². The molecule has 21 heavy (non-hydrogen) atoms. The molecule has 1 heterocycles. The number of hydrogen-bond acceptors (Lipinski definition) is 2. The monoisotopic (exact) mass is 292 g/mol. The first-order valence-corrected chi connectivity index (χ1v) is 8.68. The molecule has 1 saturated heterocycles. The Morgan fingerprint density at radius 3 is 2.43 bits per heavy atom. The van der Waals surface area contributed by atoms with Crippen LogP contribution in [0.4, 0.5) is 0 Å². The maximum Gasteiger partial charge on any atom is 0.246 e. The Labute approximate surface area is 127 Å². The summed E-state index contributed by atoms with van der Waals surface area (Å²) >= 11 is 0. The Hall–Kier alpha value is -1.06.